The van der Waals surface area contributed by atoms with Crippen LogP contribution in [0.2, 0.25) is 0 Å². The highest BCUT2D eigenvalue weighted by atomic mass is 16.5. The lowest BCUT2D eigenvalue weighted by molar-refractivity contribution is -0.137. The van der Waals surface area contributed by atoms with Gasteiger partial charge in [-0.1, -0.05) is 18.2 Å². The number of carbonyl (C=O) groups is 3. The van der Waals surface area contributed by atoms with E-state index in [9.17, 15) is 19.2 Å². The molecule has 1 aliphatic heterocycles. The lowest BCUT2D eigenvalue weighted by atomic mass is 9.97. The summed E-state index contributed by atoms with van der Waals surface area (Å²) in [6, 6.07) is 8.13. The molecule has 26 heavy (non-hydrogen) atoms. The van der Waals surface area contributed by atoms with Crippen LogP contribution in [-0.4, -0.2) is 42.4 Å². The van der Waals surface area contributed by atoms with Gasteiger partial charge in [0.15, 0.2) is 6.61 Å². The summed E-state index contributed by atoms with van der Waals surface area (Å²) >= 11 is 0. The number of para-hydroxylation sites is 1. The zero-order valence-corrected chi connectivity index (χ0v) is 14.0. The fourth-order valence-corrected chi connectivity index (χ4v) is 2.94. The van der Waals surface area contributed by atoms with Crippen LogP contribution >= 0.6 is 0 Å². The van der Waals surface area contributed by atoms with E-state index >= 15 is 0 Å². The average Bonchev–Trinajstić information content (AvgIpc) is 2.65. The van der Waals surface area contributed by atoms with Gasteiger partial charge in [0, 0.05) is 18.5 Å². The molecule has 1 aromatic carbocycles. The average molecular weight is 358 g/mol. The van der Waals surface area contributed by atoms with Crippen LogP contribution in [0.4, 0.5) is 0 Å². The maximum absolute atomic E-state index is 12.2. The Hall–Kier alpha value is -3.16. The molecular weight excluding hydrogens is 340 g/mol. The second-order valence-corrected chi connectivity index (χ2v) is 6.14. The zero-order chi connectivity index (χ0) is 18.7. The van der Waals surface area contributed by atoms with Crippen LogP contribution < -0.4 is 11.4 Å². The summed E-state index contributed by atoms with van der Waals surface area (Å²) in [5.41, 5.74) is 4.54. The first-order chi connectivity index (χ1) is 12.5. The molecule has 1 aromatic heterocycles. The highest BCUT2D eigenvalue weighted by Crippen LogP contribution is 2.16. The zero-order valence-electron chi connectivity index (χ0n) is 14.0. The summed E-state index contributed by atoms with van der Waals surface area (Å²) in [5.74, 6) is -2.21. The number of esters is 1. The first-order valence-electron chi connectivity index (χ1n) is 8.23. The quantitative estimate of drug-likeness (QED) is 0.634. The van der Waals surface area contributed by atoms with Gasteiger partial charge in [0.25, 0.3) is 5.91 Å². The van der Waals surface area contributed by atoms with Gasteiger partial charge >= 0.3 is 11.6 Å². The second kappa shape index (κ2) is 7.38. The van der Waals surface area contributed by atoms with E-state index in [1.54, 1.807) is 24.3 Å². The maximum Gasteiger partial charge on any atom is 0.351 e. The predicted molar refractivity (Wildman–Crippen MR) is 91.3 cm³/mol. The molecule has 2 amide bonds. The largest absolute Gasteiger partial charge is 0.452 e. The highest BCUT2D eigenvalue weighted by molar-refractivity contribution is 5.94. The van der Waals surface area contributed by atoms with Crippen molar-refractivity contribution in [3.63, 3.8) is 0 Å². The summed E-state index contributed by atoms with van der Waals surface area (Å²) in [5, 5.41) is 0.575. The highest BCUT2D eigenvalue weighted by Gasteiger charge is 2.27. The number of benzene rings is 1. The molecule has 2 aromatic rings. The van der Waals surface area contributed by atoms with Crippen molar-refractivity contribution in [3.05, 3.63) is 46.3 Å². The third kappa shape index (κ3) is 3.74. The van der Waals surface area contributed by atoms with Crippen LogP contribution in [-0.2, 0) is 14.3 Å². The molecule has 3 rings (SSSR count). The summed E-state index contributed by atoms with van der Waals surface area (Å²) < 4.78 is 10.0. The molecule has 1 saturated heterocycles. The first kappa shape index (κ1) is 17.7. The fourth-order valence-electron chi connectivity index (χ4n) is 2.94. The van der Waals surface area contributed by atoms with Gasteiger partial charge < -0.3 is 19.8 Å². The normalized spacial score (nSPS) is 17.1. The van der Waals surface area contributed by atoms with Gasteiger partial charge in [-0.05, 0) is 25.0 Å². The van der Waals surface area contributed by atoms with E-state index in [0.29, 0.717) is 30.4 Å². The van der Waals surface area contributed by atoms with Gasteiger partial charge in [0.2, 0.25) is 5.91 Å². The van der Waals surface area contributed by atoms with Gasteiger partial charge in [-0.2, -0.15) is 0 Å². The van der Waals surface area contributed by atoms with Gasteiger partial charge in [0.1, 0.15) is 11.1 Å². The number of amides is 2. The summed E-state index contributed by atoms with van der Waals surface area (Å²) in [4.78, 5) is 49.0. The molecule has 2 N–H and O–H groups in total. The number of nitrogens with zero attached hydrogens (tertiary/aromatic N) is 1. The fraction of sp³-hybridized carbons (Fsp3) is 0.333. The van der Waals surface area contributed by atoms with Crippen molar-refractivity contribution in [1.82, 2.24) is 4.90 Å². The Morgan fingerprint density at radius 3 is 2.81 bits per heavy atom. The topological polar surface area (TPSA) is 120 Å². The molecule has 8 heteroatoms. The molecule has 0 spiro atoms. The minimum Gasteiger partial charge on any atom is -0.452 e. The van der Waals surface area contributed by atoms with Crippen molar-refractivity contribution in [2.75, 3.05) is 19.7 Å². The number of likely N-dealkylation sites (tertiary alicyclic amines) is 1. The van der Waals surface area contributed by atoms with Crippen molar-refractivity contribution >= 4 is 28.8 Å². The van der Waals surface area contributed by atoms with Crippen LogP contribution in [0.25, 0.3) is 11.0 Å². The maximum atomic E-state index is 12.2. The minimum atomic E-state index is -0.929. The van der Waals surface area contributed by atoms with E-state index in [2.05, 4.69) is 0 Å². The standard InChI is InChI=1S/C18H18N2O6/c19-16(22)12-5-3-7-20(9-12)15(21)10-25-17(23)13-8-11-4-1-2-6-14(11)26-18(13)24/h1-2,4,6,8,12H,3,5,7,9-10H2,(H2,19,22)/t12-/m1/s1. The third-order valence-electron chi connectivity index (χ3n) is 4.36. The van der Waals surface area contributed by atoms with E-state index in [4.69, 9.17) is 14.9 Å². The van der Waals surface area contributed by atoms with Crippen LogP contribution in [0.1, 0.15) is 23.2 Å². The Labute approximate surface area is 148 Å². The molecule has 0 bridgehead atoms. The number of nitrogens with two attached hydrogens (primary N) is 1. The molecule has 0 aliphatic carbocycles. The van der Waals surface area contributed by atoms with E-state index in [0.717, 1.165) is 0 Å². The Kier molecular flexibility index (Phi) is 5.01. The van der Waals surface area contributed by atoms with Gasteiger partial charge in [0.05, 0.1) is 5.92 Å². The lowest BCUT2D eigenvalue weighted by Crippen LogP contribution is -2.45. The number of primary amides is 1. The first-order valence-corrected chi connectivity index (χ1v) is 8.23. The molecular formula is C18H18N2O6. The van der Waals surface area contributed by atoms with Crippen molar-refractivity contribution in [3.8, 4) is 0 Å². The van der Waals surface area contributed by atoms with Crippen LogP contribution in [0, 0.1) is 5.92 Å². The number of piperidine rings is 1. The molecule has 0 radical (unpaired) electrons. The number of fused-ring (bicyclic) bond motifs is 1. The predicted octanol–water partition coefficient (Wildman–Crippen LogP) is 0.674. The van der Waals surface area contributed by atoms with Crippen LogP contribution in [0.3, 0.4) is 0 Å². The van der Waals surface area contributed by atoms with Crippen LogP contribution in [0.5, 0.6) is 0 Å². The van der Waals surface area contributed by atoms with E-state index in [1.165, 1.54) is 11.0 Å². The lowest BCUT2D eigenvalue weighted by Gasteiger charge is -2.30. The number of carbonyl (C=O) groups excluding carboxylic acids is 3. The molecule has 0 saturated carbocycles. The molecule has 8 nitrogen and oxygen atoms in total. The number of hydrogen-bond acceptors (Lipinski definition) is 6. The summed E-state index contributed by atoms with van der Waals surface area (Å²) in [6.45, 7) is 0.165. The van der Waals surface area contributed by atoms with E-state index < -0.39 is 35.9 Å². The van der Waals surface area contributed by atoms with Gasteiger partial charge in [-0.3, -0.25) is 9.59 Å². The second-order valence-electron chi connectivity index (χ2n) is 6.14. The summed E-state index contributed by atoms with van der Waals surface area (Å²) in [6.07, 6.45) is 1.29. The Balaban J connectivity index is 1.65. The molecule has 1 atom stereocenters. The van der Waals surface area contributed by atoms with E-state index in [1.807, 2.05) is 0 Å². The van der Waals surface area contributed by atoms with Crippen molar-refractivity contribution in [2.24, 2.45) is 11.7 Å². The third-order valence-corrected chi connectivity index (χ3v) is 4.36. The molecule has 2 heterocycles. The molecule has 0 unspecified atom stereocenters. The molecule has 1 fully saturated rings. The SMILES string of the molecule is NC(=O)[C@@H]1CCCN(C(=O)COC(=O)c2cc3ccccc3oc2=O)C1. The Morgan fingerprint density at radius 2 is 2.04 bits per heavy atom. The minimum absolute atomic E-state index is 0.212. The number of ether oxygens (including phenoxy) is 1. The van der Waals surface area contributed by atoms with Crippen molar-refractivity contribution in [2.45, 2.75) is 12.8 Å². The van der Waals surface area contributed by atoms with Crippen molar-refractivity contribution in [1.29, 1.82) is 0 Å². The van der Waals surface area contributed by atoms with Crippen LogP contribution in [0.15, 0.2) is 39.5 Å². The Morgan fingerprint density at radius 1 is 1.27 bits per heavy atom. The smallest absolute Gasteiger partial charge is 0.351 e. The van der Waals surface area contributed by atoms with Crippen molar-refractivity contribution < 1.29 is 23.5 Å². The number of hydrogen-bond donors (Lipinski definition) is 1. The van der Waals surface area contributed by atoms with Gasteiger partial charge in [-0.15, -0.1) is 0 Å². The molecule has 136 valence electrons. The van der Waals surface area contributed by atoms with Gasteiger partial charge in [-0.25, -0.2) is 9.59 Å². The monoisotopic (exact) mass is 358 g/mol. The molecule has 1 aliphatic rings. The number of rotatable bonds is 4. The Bertz CT molecular complexity index is 919. The summed E-state index contributed by atoms with van der Waals surface area (Å²) in [7, 11) is 0. The van der Waals surface area contributed by atoms with E-state index in [-0.39, 0.29) is 12.1 Å².